The third kappa shape index (κ3) is 3.20. The smallest absolute Gasteiger partial charge is 0.339 e. The summed E-state index contributed by atoms with van der Waals surface area (Å²) in [5.41, 5.74) is 5.34. The fourth-order valence-corrected chi connectivity index (χ4v) is 4.84. The molecule has 0 saturated heterocycles. The first-order valence-electron chi connectivity index (χ1n) is 10.4. The molecule has 1 aliphatic heterocycles. The molecule has 0 spiro atoms. The summed E-state index contributed by atoms with van der Waals surface area (Å²) in [7, 11) is 0. The van der Waals surface area contributed by atoms with Crippen LogP contribution in [0.15, 0.2) is 33.0 Å². The van der Waals surface area contributed by atoms with Gasteiger partial charge in [0.25, 0.3) is 0 Å². The summed E-state index contributed by atoms with van der Waals surface area (Å²) in [5.74, 6) is 0.870. The Morgan fingerprint density at radius 2 is 1.81 bits per heavy atom. The van der Waals surface area contributed by atoms with Crippen molar-refractivity contribution in [3.05, 3.63) is 50.9 Å². The van der Waals surface area contributed by atoms with Crippen LogP contribution in [0.3, 0.4) is 0 Å². The Hall–Kier alpha value is -2.07. The Bertz CT molecular complexity index is 956. The summed E-state index contributed by atoms with van der Waals surface area (Å²) < 4.78 is 11.8. The van der Waals surface area contributed by atoms with E-state index in [2.05, 4.69) is 23.1 Å². The lowest BCUT2D eigenvalue weighted by atomic mass is 9.90. The summed E-state index contributed by atoms with van der Waals surface area (Å²) in [6.07, 6.45) is 12.7. The summed E-state index contributed by atoms with van der Waals surface area (Å²) in [4.78, 5) is 14.9. The van der Waals surface area contributed by atoms with Gasteiger partial charge in [-0.1, -0.05) is 11.6 Å². The average Bonchev–Trinajstić information content (AvgIpc) is 2.73. The molecule has 0 fully saturated rings. The van der Waals surface area contributed by atoms with Gasteiger partial charge in [-0.15, -0.1) is 0 Å². The van der Waals surface area contributed by atoms with Gasteiger partial charge in [-0.25, -0.2) is 4.79 Å². The third-order valence-electron chi connectivity index (χ3n) is 6.37. The van der Waals surface area contributed by atoms with E-state index >= 15 is 0 Å². The highest BCUT2D eigenvalue weighted by Crippen LogP contribution is 2.35. The number of benzene rings is 1. The second-order valence-corrected chi connectivity index (χ2v) is 8.16. The minimum Gasteiger partial charge on any atom is -0.478 e. The summed E-state index contributed by atoms with van der Waals surface area (Å²) in [6.45, 7) is 2.40. The Morgan fingerprint density at radius 3 is 2.67 bits per heavy atom. The van der Waals surface area contributed by atoms with Crippen molar-refractivity contribution in [2.45, 2.75) is 64.3 Å². The van der Waals surface area contributed by atoms with Gasteiger partial charge in [0, 0.05) is 24.0 Å². The van der Waals surface area contributed by atoms with Crippen molar-refractivity contribution in [3.8, 4) is 5.75 Å². The first-order chi connectivity index (χ1) is 13.3. The molecule has 1 aromatic heterocycles. The molecular formula is C23H27NO3. The molecule has 0 saturated carbocycles. The molecule has 27 heavy (non-hydrogen) atoms. The van der Waals surface area contributed by atoms with Gasteiger partial charge in [0.05, 0.1) is 5.56 Å². The van der Waals surface area contributed by atoms with Gasteiger partial charge in [-0.05, 0) is 75.5 Å². The minimum absolute atomic E-state index is 0.143. The SMILES string of the molecule is O=c1oc2c3c(ccc2c2c1CCCC2)OCN(CCC1=CCCCC1)C3. The Balaban J connectivity index is 1.45. The second-order valence-electron chi connectivity index (χ2n) is 8.16. The number of hydrogen-bond donors (Lipinski definition) is 0. The summed E-state index contributed by atoms with van der Waals surface area (Å²) in [6, 6.07) is 4.15. The van der Waals surface area contributed by atoms with Crippen LogP contribution in [-0.4, -0.2) is 18.2 Å². The normalized spacial score (nSPS) is 19.9. The van der Waals surface area contributed by atoms with Crippen LogP contribution in [0.4, 0.5) is 0 Å². The first kappa shape index (κ1) is 17.1. The van der Waals surface area contributed by atoms with E-state index in [-0.39, 0.29) is 5.63 Å². The molecule has 4 nitrogen and oxygen atoms in total. The van der Waals surface area contributed by atoms with Crippen LogP contribution in [0.25, 0.3) is 11.0 Å². The van der Waals surface area contributed by atoms with Crippen molar-refractivity contribution in [1.29, 1.82) is 0 Å². The average molecular weight is 365 g/mol. The number of ether oxygens (including phenoxy) is 1. The van der Waals surface area contributed by atoms with Crippen LogP contribution in [0, 0.1) is 0 Å². The van der Waals surface area contributed by atoms with Crippen molar-refractivity contribution in [2.24, 2.45) is 0 Å². The fourth-order valence-electron chi connectivity index (χ4n) is 4.84. The van der Waals surface area contributed by atoms with Crippen molar-refractivity contribution in [2.75, 3.05) is 13.3 Å². The van der Waals surface area contributed by atoms with E-state index in [0.717, 1.165) is 73.0 Å². The third-order valence-corrected chi connectivity index (χ3v) is 6.37. The molecule has 0 atom stereocenters. The molecule has 5 rings (SSSR count). The predicted molar refractivity (Wildman–Crippen MR) is 106 cm³/mol. The van der Waals surface area contributed by atoms with Crippen LogP contribution in [0.1, 0.15) is 61.6 Å². The van der Waals surface area contributed by atoms with Crippen molar-refractivity contribution < 1.29 is 9.15 Å². The molecule has 1 aromatic carbocycles. The van der Waals surface area contributed by atoms with E-state index in [1.54, 1.807) is 5.57 Å². The van der Waals surface area contributed by atoms with Gasteiger partial charge in [0.2, 0.25) is 0 Å². The number of hydrogen-bond acceptors (Lipinski definition) is 4. The number of aryl methyl sites for hydroxylation is 1. The molecule has 0 N–H and O–H groups in total. The lowest BCUT2D eigenvalue weighted by Crippen LogP contribution is -2.33. The molecule has 0 amide bonds. The highest BCUT2D eigenvalue weighted by atomic mass is 16.5. The molecule has 4 heteroatoms. The maximum atomic E-state index is 12.5. The maximum absolute atomic E-state index is 12.5. The Kier molecular flexibility index (Phi) is 4.52. The lowest BCUT2D eigenvalue weighted by molar-refractivity contribution is 0.0964. The Labute approximate surface area is 159 Å². The van der Waals surface area contributed by atoms with E-state index < -0.39 is 0 Å². The molecule has 142 valence electrons. The van der Waals surface area contributed by atoms with Gasteiger partial charge in [0.15, 0.2) is 0 Å². The monoisotopic (exact) mass is 365 g/mol. The van der Waals surface area contributed by atoms with Gasteiger partial charge >= 0.3 is 5.63 Å². The predicted octanol–water partition coefficient (Wildman–Crippen LogP) is 4.71. The zero-order valence-corrected chi connectivity index (χ0v) is 15.9. The van der Waals surface area contributed by atoms with Gasteiger partial charge < -0.3 is 9.15 Å². The van der Waals surface area contributed by atoms with Crippen LogP contribution in [0.5, 0.6) is 5.75 Å². The number of fused-ring (bicyclic) bond motifs is 5. The molecule has 0 radical (unpaired) electrons. The maximum Gasteiger partial charge on any atom is 0.339 e. The molecule has 3 aliphatic rings. The number of rotatable bonds is 3. The van der Waals surface area contributed by atoms with Crippen molar-refractivity contribution in [3.63, 3.8) is 0 Å². The quantitative estimate of drug-likeness (QED) is 0.583. The van der Waals surface area contributed by atoms with Crippen LogP contribution >= 0.6 is 0 Å². The topological polar surface area (TPSA) is 42.7 Å². The minimum atomic E-state index is -0.143. The molecule has 0 bridgehead atoms. The number of allylic oxidation sites excluding steroid dienone is 1. The van der Waals surface area contributed by atoms with E-state index in [1.807, 2.05) is 0 Å². The lowest BCUT2D eigenvalue weighted by Gasteiger charge is -2.30. The summed E-state index contributed by atoms with van der Waals surface area (Å²) >= 11 is 0. The zero-order valence-electron chi connectivity index (χ0n) is 15.9. The van der Waals surface area contributed by atoms with E-state index in [1.165, 1.54) is 31.2 Å². The zero-order chi connectivity index (χ0) is 18.2. The van der Waals surface area contributed by atoms with Crippen LogP contribution in [-0.2, 0) is 19.4 Å². The van der Waals surface area contributed by atoms with Crippen molar-refractivity contribution >= 4 is 11.0 Å². The van der Waals surface area contributed by atoms with Gasteiger partial charge in [-0.2, -0.15) is 0 Å². The standard InChI is InChI=1S/C23H27NO3/c25-23-19-9-5-4-8-17(19)18-10-11-21-20(22(18)27-23)14-24(15-26-21)13-12-16-6-2-1-3-7-16/h6,10-11H,1-5,7-9,12-15H2. The van der Waals surface area contributed by atoms with Gasteiger partial charge in [-0.3, -0.25) is 4.90 Å². The van der Waals surface area contributed by atoms with Crippen LogP contribution in [0.2, 0.25) is 0 Å². The van der Waals surface area contributed by atoms with E-state index in [0.29, 0.717) is 6.73 Å². The highest BCUT2D eigenvalue weighted by molar-refractivity contribution is 5.86. The Morgan fingerprint density at radius 1 is 0.963 bits per heavy atom. The molecular weight excluding hydrogens is 338 g/mol. The van der Waals surface area contributed by atoms with E-state index in [4.69, 9.17) is 9.15 Å². The largest absolute Gasteiger partial charge is 0.478 e. The fraction of sp³-hybridized carbons (Fsp3) is 0.522. The van der Waals surface area contributed by atoms with Gasteiger partial charge in [0.1, 0.15) is 18.1 Å². The summed E-state index contributed by atoms with van der Waals surface area (Å²) in [5, 5.41) is 1.11. The molecule has 2 aromatic rings. The first-order valence-corrected chi connectivity index (χ1v) is 10.4. The molecule has 2 aliphatic carbocycles. The molecule has 2 heterocycles. The molecule has 0 unspecified atom stereocenters. The van der Waals surface area contributed by atoms with E-state index in [9.17, 15) is 4.79 Å². The highest BCUT2D eigenvalue weighted by Gasteiger charge is 2.25. The number of nitrogens with zero attached hydrogens (tertiary/aromatic N) is 1. The van der Waals surface area contributed by atoms with Crippen LogP contribution < -0.4 is 10.4 Å². The van der Waals surface area contributed by atoms with Crippen molar-refractivity contribution in [1.82, 2.24) is 4.90 Å². The second kappa shape index (κ2) is 7.16.